The topological polar surface area (TPSA) is 105 Å². The number of rotatable bonds is 10. The van der Waals surface area contributed by atoms with E-state index < -0.39 is 24.4 Å². The molecular weight excluding hydrogens is 388 g/mol. The van der Waals surface area contributed by atoms with Gasteiger partial charge in [-0.3, -0.25) is 9.59 Å². The van der Waals surface area contributed by atoms with E-state index in [0.717, 1.165) is 25.0 Å². The van der Waals surface area contributed by atoms with Gasteiger partial charge in [0.1, 0.15) is 0 Å². The van der Waals surface area contributed by atoms with Crippen LogP contribution < -0.4 is 0 Å². The van der Waals surface area contributed by atoms with E-state index in [1.165, 1.54) is 0 Å². The lowest BCUT2D eigenvalue weighted by molar-refractivity contribution is -1.02. The Kier molecular flexibility index (Phi) is 8.80. The number of azo groups is 1. The Labute approximate surface area is 175 Å². The van der Waals surface area contributed by atoms with Gasteiger partial charge in [-0.1, -0.05) is 60.7 Å². The number of carbonyl (C=O) groups excluding carboxylic acids is 2. The molecule has 0 aliphatic rings. The summed E-state index contributed by atoms with van der Waals surface area (Å²) < 4.78 is 10.1. The summed E-state index contributed by atoms with van der Waals surface area (Å²) in [4.78, 5) is 23.0. The second-order valence-electron chi connectivity index (χ2n) is 6.78. The van der Waals surface area contributed by atoms with Gasteiger partial charge < -0.3 is 19.9 Å². The van der Waals surface area contributed by atoms with Crippen LogP contribution in [0.1, 0.15) is 37.8 Å². The number of hydroxylamine groups is 2. The fourth-order valence-electron chi connectivity index (χ4n) is 2.94. The van der Waals surface area contributed by atoms with E-state index in [1.807, 2.05) is 60.7 Å². The van der Waals surface area contributed by atoms with Crippen LogP contribution in [0.3, 0.4) is 0 Å². The Morgan fingerprint density at radius 2 is 1.07 bits per heavy atom. The van der Waals surface area contributed by atoms with Gasteiger partial charge in [0.25, 0.3) is 0 Å². The Bertz CT molecular complexity index is 783. The number of nitrogens with zero attached hydrogens (tertiary/aromatic N) is 2. The van der Waals surface area contributed by atoms with Crippen LogP contribution in [0, 0.1) is 10.4 Å². The summed E-state index contributed by atoms with van der Waals surface area (Å²) >= 11 is 0. The minimum atomic E-state index is -1.34. The minimum absolute atomic E-state index is 0.0307. The third kappa shape index (κ3) is 7.54. The van der Waals surface area contributed by atoms with Crippen molar-refractivity contribution in [2.75, 3.05) is 0 Å². The third-order valence-corrected chi connectivity index (χ3v) is 4.34. The molecule has 2 rings (SSSR count). The van der Waals surface area contributed by atoms with Crippen LogP contribution in [0.2, 0.25) is 0 Å². The first-order valence-electron chi connectivity index (χ1n) is 9.71. The van der Waals surface area contributed by atoms with E-state index in [2.05, 4.69) is 0 Å². The molecule has 0 heterocycles. The van der Waals surface area contributed by atoms with Gasteiger partial charge in [0.15, 0.2) is 0 Å². The fraction of sp³-hybridized carbons (Fsp3) is 0.364. The van der Waals surface area contributed by atoms with E-state index in [1.54, 1.807) is 0 Å². The molecule has 2 aromatic rings. The van der Waals surface area contributed by atoms with Gasteiger partial charge in [0.05, 0.1) is 22.6 Å². The average molecular weight is 414 g/mol. The number of aryl methyl sites for hydroxylation is 2. The summed E-state index contributed by atoms with van der Waals surface area (Å²) in [5.41, 5.74) is 1.86. The number of hydrogen-bond donors (Lipinski definition) is 0. The van der Waals surface area contributed by atoms with Crippen molar-refractivity contribution in [1.29, 1.82) is 0 Å². The second-order valence-corrected chi connectivity index (χ2v) is 6.78. The Hall–Kier alpha value is -3.42. The van der Waals surface area contributed by atoms with E-state index >= 15 is 0 Å². The number of esters is 2. The molecule has 0 fully saturated rings. The molecule has 0 radical (unpaired) electrons. The Balaban J connectivity index is 2.18. The zero-order valence-corrected chi connectivity index (χ0v) is 17.1. The summed E-state index contributed by atoms with van der Waals surface area (Å²) in [5.74, 6) is -1.37. The highest BCUT2D eigenvalue weighted by atomic mass is 16.7. The predicted molar refractivity (Wildman–Crippen MR) is 108 cm³/mol. The fourth-order valence-corrected chi connectivity index (χ4v) is 2.94. The van der Waals surface area contributed by atoms with Gasteiger partial charge >= 0.3 is 24.4 Å². The maximum Gasteiger partial charge on any atom is 0.371 e. The monoisotopic (exact) mass is 414 g/mol. The highest BCUT2D eigenvalue weighted by molar-refractivity contribution is 5.66. The smallest absolute Gasteiger partial charge is 0.371 e. The molecule has 160 valence electrons. The molecule has 0 aliphatic heterocycles. The molecule has 30 heavy (non-hydrogen) atoms. The summed E-state index contributed by atoms with van der Waals surface area (Å²) in [6.45, 7) is 2.33. The second kappa shape index (κ2) is 11.5. The standard InChI is InChI=1S/C22H26N2O6/c1-17(25)29-21(15-13-19-9-5-3-6-10-19)23(27)24(28)22(30-18(2)26)16-14-20-11-7-4-8-12-20/h3-12,21-22H,13-16H2,1-2H3/b24-23+. The molecule has 0 saturated heterocycles. The molecule has 2 unspecified atom stereocenters. The molecule has 8 heteroatoms. The van der Waals surface area contributed by atoms with Crippen molar-refractivity contribution in [1.82, 2.24) is 0 Å². The largest absolute Gasteiger partial charge is 0.563 e. The summed E-state index contributed by atoms with van der Waals surface area (Å²) in [6.07, 6.45) is -1.61. The van der Waals surface area contributed by atoms with Crippen LogP contribution in [0.4, 0.5) is 0 Å². The molecule has 0 saturated carbocycles. The summed E-state index contributed by atoms with van der Waals surface area (Å²) in [5, 5.41) is 25.4. The van der Waals surface area contributed by atoms with Gasteiger partial charge in [-0.2, -0.15) is 0 Å². The number of carbonyl (C=O) groups is 2. The van der Waals surface area contributed by atoms with Crippen molar-refractivity contribution in [2.45, 2.75) is 52.0 Å². The number of benzene rings is 2. The molecule has 0 spiro atoms. The van der Waals surface area contributed by atoms with Crippen molar-refractivity contribution in [2.24, 2.45) is 0 Å². The average Bonchev–Trinajstić information content (AvgIpc) is 2.74. The molecule has 0 bridgehead atoms. The maximum absolute atomic E-state index is 12.7. The quantitative estimate of drug-likeness (QED) is 0.194. The van der Waals surface area contributed by atoms with Gasteiger partial charge in [-0.25, -0.2) is 0 Å². The van der Waals surface area contributed by atoms with Crippen molar-refractivity contribution >= 4 is 11.9 Å². The van der Waals surface area contributed by atoms with Crippen molar-refractivity contribution < 1.29 is 28.8 Å². The SMILES string of the molecule is CC(=O)OC(CCc1ccccc1)/[N+]([O-])=[N+](\[O-])C(CCc1ccccc1)OC(C)=O. The molecule has 0 aliphatic carbocycles. The van der Waals surface area contributed by atoms with E-state index in [4.69, 9.17) is 9.47 Å². The van der Waals surface area contributed by atoms with E-state index in [9.17, 15) is 20.0 Å². The van der Waals surface area contributed by atoms with Crippen LogP contribution in [-0.2, 0) is 31.9 Å². The molecular formula is C22H26N2O6. The van der Waals surface area contributed by atoms with Crippen LogP contribution in [0.5, 0.6) is 0 Å². The molecule has 8 nitrogen and oxygen atoms in total. The zero-order chi connectivity index (χ0) is 21.9. The lowest BCUT2D eigenvalue weighted by atomic mass is 10.1. The van der Waals surface area contributed by atoms with Gasteiger partial charge in [0.2, 0.25) is 0 Å². The van der Waals surface area contributed by atoms with Crippen molar-refractivity contribution in [3.8, 4) is 0 Å². The first-order chi connectivity index (χ1) is 14.4. The molecule has 0 amide bonds. The van der Waals surface area contributed by atoms with Crippen molar-refractivity contribution in [3.05, 3.63) is 82.2 Å². The van der Waals surface area contributed by atoms with Gasteiger partial charge in [-0.15, -0.1) is 0 Å². The highest BCUT2D eigenvalue weighted by Crippen LogP contribution is 2.13. The van der Waals surface area contributed by atoms with E-state index in [-0.39, 0.29) is 22.6 Å². The molecule has 0 aromatic heterocycles. The Morgan fingerprint density at radius 1 is 0.733 bits per heavy atom. The van der Waals surface area contributed by atoms with Crippen LogP contribution in [-0.4, -0.2) is 34.1 Å². The number of ether oxygens (including phenoxy) is 2. The molecule has 2 atom stereocenters. The van der Waals surface area contributed by atoms with Crippen LogP contribution in [0.25, 0.3) is 0 Å². The highest BCUT2D eigenvalue weighted by Gasteiger charge is 2.33. The van der Waals surface area contributed by atoms with Gasteiger partial charge in [-0.05, 0) is 24.0 Å². The Morgan fingerprint density at radius 3 is 1.37 bits per heavy atom. The first-order valence-corrected chi connectivity index (χ1v) is 9.71. The lowest BCUT2D eigenvalue weighted by Crippen LogP contribution is -2.39. The van der Waals surface area contributed by atoms with Crippen molar-refractivity contribution in [3.63, 3.8) is 0 Å². The predicted octanol–water partition coefficient (Wildman–Crippen LogP) is 3.50. The first kappa shape index (κ1) is 22.9. The third-order valence-electron chi connectivity index (χ3n) is 4.34. The van der Waals surface area contributed by atoms with E-state index in [0.29, 0.717) is 12.8 Å². The number of hydrogen-bond acceptors (Lipinski definition) is 6. The molecule has 2 aromatic carbocycles. The van der Waals surface area contributed by atoms with Crippen LogP contribution in [0.15, 0.2) is 60.7 Å². The lowest BCUT2D eigenvalue weighted by Gasteiger charge is -2.18. The van der Waals surface area contributed by atoms with Gasteiger partial charge in [0, 0.05) is 13.8 Å². The summed E-state index contributed by atoms with van der Waals surface area (Å²) in [6, 6.07) is 18.6. The van der Waals surface area contributed by atoms with Crippen LogP contribution >= 0.6 is 0 Å². The maximum atomic E-state index is 12.7. The normalized spacial score (nSPS) is 13.7. The molecule has 0 N–H and O–H groups in total. The summed E-state index contributed by atoms with van der Waals surface area (Å²) in [7, 11) is 0. The minimum Gasteiger partial charge on any atom is -0.563 e. The zero-order valence-electron chi connectivity index (χ0n) is 17.1.